The van der Waals surface area contributed by atoms with Gasteiger partial charge in [-0.1, -0.05) is 63.2 Å². The molecule has 0 heterocycles. The number of carboxylic acids is 1. The fraction of sp³-hybridized carbons (Fsp3) is 0.194. The van der Waals surface area contributed by atoms with Gasteiger partial charge in [-0.15, -0.1) is 0 Å². The Hall–Kier alpha value is -5.97. The molecule has 0 aliphatic rings. The maximum absolute atomic E-state index is 13.7. The number of rotatable bonds is 10. The molecular weight excluding hydrogens is 598 g/mol. The Morgan fingerprint density at radius 3 is 2.00 bits per heavy atom. The Bertz CT molecular complexity index is 1810. The first-order valence-corrected chi connectivity index (χ1v) is 14.8. The summed E-state index contributed by atoms with van der Waals surface area (Å²) < 4.78 is 5.31. The van der Waals surface area contributed by atoms with E-state index in [1.54, 1.807) is 24.3 Å². The number of anilines is 2. The van der Waals surface area contributed by atoms with Gasteiger partial charge in [-0.25, -0.2) is 9.59 Å². The normalized spacial score (nSPS) is 11.6. The Morgan fingerprint density at radius 2 is 1.38 bits per heavy atom. The fourth-order valence-corrected chi connectivity index (χ4v) is 4.45. The second-order valence-electron chi connectivity index (χ2n) is 12.0. The lowest BCUT2D eigenvalue weighted by molar-refractivity contribution is 0.0697. The number of aromatic carboxylic acids is 1. The zero-order valence-electron chi connectivity index (χ0n) is 26.5. The number of nitrogen functional groups attached to an aromatic ring is 1. The number of hydrogen-bond acceptors (Lipinski definition) is 6. The highest BCUT2D eigenvalue weighted by molar-refractivity contribution is 6.12. The summed E-state index contributed by atoms with van der Waals surface area (Å²) in [7, 11) is 0. The number of carbonyl (C=O) groups excluding carboxylic acids is 3. The average molecular weight is 636 g/mol. The molecule has 1 atom stereocenters. The Morgan fingerprint density at radius 1 is 0.787 bits per heavy atom. The van der Waals surface area contributed by atoms with Crippen LogP contribution in [-0.2, 0) is 11.3 Å². The number of carbonyl (C=O) groups is 4. The van der Waals surface area contributed by atoms with Crippen molar-refractivity contribution in [2.45, 2.75) is 40.3 Å². The highest BCUT2D eigenvalue weighted by Gasteiger charge is 2.25. The van der Waals surface area contributed by atoms with Crippen LogP contribution in [-0.4, -0.2) is 40.9 Å². The number of amides is 3. The van der Waals surface area contributed by atoms with Gasteiger partial charge in [-0.05, 0) is 77.6 Å². The van der Waals surface area contributed by atoms with E-state index in [0.29, 0.717) is 11.3 Å². The lowest BCUT2D eigenvalue weighted by Gasteiger charge is -2.28. The number of nitrogens with one attached hydrogen (secondary N) is 4. The second-order valence-corrected chi connectivity index (χ2v) is 12.0. The third kappa shape index (κ3) is 8.82. The summed E-state index contributed by atoms with van der Waals surface area (Å²) in [6.45, 7) is 7.85. The lowest BCUT2D eigenvalue weighted by atomic mass is 9.87. The van der Waals surface area contributed by atoms with E-state index in [-0.39, 0.29) is 57.4 Å². The summed E-state index contributed by atoms with van der Waals surface area (Å²) in [5.74, 6) is -2.46. The molecule has 0 aliphatic carbocycles. The van der Waals surface area contributed by atoms with Gasteiger partial charge >= 0.3 is 12.1 Å². The molecule has 4 aromatic rings. The standard InChI is InChI=1S/C36H37N5O6/c1-21(36(2,3)4)39-32(42)24-12-16-28(30(18-24)34(44)45)27-17-15-26(41-35(46)47-20-22-8-6-5-7-9-22)19-29(27)33(43)40-25-13-10-23(11-14-25)31(37)38/h5-19,21H,20H2,1-4H3,(H3,37,38)(H,39,42)(H,40,43)(H,41,46)(H,44,45)/t21-/m1/s1. The maximum Gasteiger partial charge on any atom is 0.411 e. The summed E-state index contributed by atoms with van der Waals surface area (Å²) in [5, 5.41) is 26.1. The van der Waals surface area contributed by atoms with Crippen LogP contribution in [0.3, 0.4) is 0 Å². The van der Waals surface area contributed by atoms with Crippen LogP contribution in [0, 0.1) is 10.8 Å². The summed E-state index contributed by atoms with van der Waals surface area (Å²) in [4.78, 5) is 51.8. The number of amidine groups is 1. The SMILES string of the molecule is C[C@@H](NC(=O)c1ccc(-c2ccc(NC(=O)OCc3ccccc3)cc2C(=O)Nc2ccc(C(=N)N)cc2)c(C(=O)O)c1)C(C)(C)C. The molecule has 3 amide bonds. The van der Waals surface area contributed by atoms with Crippen molar-refractivity contribution in [3.8, 4) is 11.1 Å². The van der Waals surface area contributed by atoms with E-state index in [1.165, 1.54) is 36.4 Å². The van der Waals surface area contributed by atoms with Gasteiger partial charge in [-0.3, -0.25) is 20.3 Å². The Balaban J connectivity index is 1.69. The molecule has 4 aromatic carbocycles. The molecule has 0 bridgehead atoms. The summed E-state index contributed by atoms with van der Waals surface area (Å²) in [6.07, 6.45) is -0.751. The van der Waals surface area contributed by atoms with Gasteiger partial charge in [0.15, 0.2) is 0 Å². The van der Waals surface area contributed by atoms with Gasteiger partial charge in [0.1, 0.15) is 12.4 Å². The minimum atomic E-state index is -1.30. The molecule has 0 fully saturated rings. The van der Waals surface area contributed by atoms with Crippen LogP contribution < -0.4 is 21.7 Å². The first-order chi connectivity index (χ1) is 22.2. The van der Waals surface area contributed by atoms with E-state index in [2.05, 4.69) is 16.0 Å². The first-order valence-electron chi connectivity index (χ1n) is 14.8. The number of carboxylic acid groups (broad SMARTS) is 1. The number of hydrogen-bond donors (Lipinski definition) is 6. The van der Waals surface area contributed by atoms with E-state index in [1.807, 2.05) is 58.0 Å². The van der Waals surface area contributed by atoms with Crippen molar-refractivity contribution < 1.29 is 29.0 Å². The predicted octanol–water partition coefficient (Wildman–Crippen LogP) is 6.50. The molecule has 0 aromatic heterocycles. The van der Waals surface area contributed by atoms with Crippen molar-refractivity contribution in [2.75, 3.05) is 10.6 Å². The molecule has 0 radical (unpaired) electrons. The monoisotopic (exact) mass is 635 g/mol. The molecule has 0 spiro atoms. The van der Waals surface area contributed by atoms with Crippen molar-refractivity contribution >= 4 is 41.1 Å². The quantitative estimate of drug-likeness (QED) is 0.0848. The maximum atomic E-state index is 13.7. The zero-order valence-corrected chi connectivity index (χ0v) is 26.5. The van der Waals surface area contributed by atoms with E-state index in [4.69, 9.17) is 15.9 Å². The zero-order chi connectivity index (χ0) is 34.3. The molecule has 47 heavy (non-hydrogen) atoms. The van der Waals surface area contributed by atoms with Crippen molar-refractivity contribution in [2.24, 2.45) is 11.1 Å². The molecule has 11 nitrogen and oxygen atoms in total. The summed E-state index contributed by atoms with van der Waals surface area (Å²) in [5.41, 5.74) is 7.65. The Labute approximate surface area is 272 Å². The van der Waals surface area contributed by atoms with Crippen LogP contribution in [0.5, 0.6) is 0 Å². The van der Waals surface area contributed by atoms with Crippen LogP contribution in [0.4, 0.5) is 16.2 Å². The van der Waals surface area contributed by atoms with E-state index in [9.17, 15) is 24.3 Å². The average Bonchev–Trinajstić information content (AvgIpc) is 3.03. The predicted molar refractivity (Wildman–Crippen MR) is 181 cm³/mol. The van der Waals surface area contributed by atoms with Crippen LogP contribution in [0.25, 0.3) is 11.1 Å². The van der Waals surface area contributed by atoms with Gasteiger partial charge in [0.2, 0.25) is 0 Å². The number of nitrogens with two attached hydrogens (primary N) is 1. The molecule has 11 heteroatoms. The van der Waals surface area contributed by atoms with Crippen LogP contribution in [0.2, 0.25) is 0 Å². The molecule has 242 valence electrons. The van der Waals surface area contributed by atoms with Crippen molar-refractivity contribution in [1.29, 1.82) is 5.41 Å². The summed E-state index contributed by atoms with van der Waals surface area (Å²) >= 11 is 0. The number of benzene rings is 4. The van der Waals surface area contributed by atoms with Gasteiger partial charge in [-0.2, -0.15) is 0 Å². The highest BCUT2D eigenvalue weighted by Crippen LogP contribution is 2.32. The smallest absolute Gasteiger partial charge is 0.411 e. The lowest BCUT2D eigenvalue weighted by Crippen LogP contribution is -2.41. The van der Waals surface area contributed by atoms with Crippen molar-refractivity contribution in [1.82, 2.24) is 5.32 Å². The molecular formula is C36H37N5O6. The molecule has 0 aliphatic heterocycles. The third-order valence-electron chi connectivity index (χ3n) is 7.63. The number of ether oxygens (including phenoxy) is 1. The Kier molecular flexibility index (Phi) is 10.4. The minimum absolute atomic E-state index is 0.0325. The van der Waals surface area contributed by atoms with Crippen LogP contribution >= 0.6 is 0 Å². The van der Waals surface area contributed by atoms with E-state index < -0.39 is 23.9 Å². The van der Waals surface area contributed by atoms with Gasteiger partial charge in [0.05, 0.1) is 5.56 Å². The van der Waals surface area contributed by atoms with Crippen LogP contribution in [0.1, 0.15) is 69.9 Å². The fourth-order valence-electron chi connectivity index (χ4n) is 4.45. The highest BCUT2D eigenvalue weighted by atomic mass is 16.5. The van der Waals surface area contributed by atoms with Gasteiger partial charge < -0.3 is 26.2 Å². The van der Waals surface area contributed by atoms with Gasteiger partial charge in [0, 0.05) is 34.1 Å². The minimum Gasteiger partial charge on any atom is -0.478 e. The van der Waals surface area contributed by atoms with Gasteiger partial charge in [0.25, 0.3) is 11.8 Å². The molecule has 0 unspecified atom stereocenters. The largest absolute Gasteiger partial charge is 0.478 e. The first kappa shape index (κ1) is 33.9. The molecule has 7 N–H and O–H groups in total. The molecule has 0 saturated heterocycles. The second kappa shape index (κ2) is 14.4. The molecule has 4 rings (SSSR count). The summed E-state index contributed by atoms with van der Waals surface area (Å²) in [6, 6.07) is 23.9. The van der Waals surface area contributed by atoms with E-state index >= 15 is 0 Å². The van der Waals surface area contributed by atoms with Crippen molar-refractivity contribution in [3.63, 3.8) is 0 Å². The van der Waals surface area contributed by atoms with E-state index in [0.717, 1.165) is 5.56 Å². The third-order valence-corrected chi connectivity index (χ3v) is 7.63. The van der Waals surface area contributed by atoms with Crippen LogP contribution in [0.15, 0.2) is 91.0 Å². The topological polar surface area (TPSA) is 184 Å². The van der Waals surface area contributed by atoms with Crippen molar-refractivity contribution in [3.05, 3.63) is 119 Å². The molecule has 0 saturated carbocycles.